The van der Waals surface area contributed by atoms with E-state index in [-0.39, 0.29) is 5.16 Å². The molecule has 0 spiro atoms. The van der Waals surface area contributed by atoms with Crippen molar-refractivity contribution in [1.29, 1.82) is 0 Å². The van der Waals surface area contributed by atoms with E-state index < -0.39 is 10.0 Å². The lowest BCUT2D eigenvalue weighted by molar-refractivity contribution is 0.185. The van der Waals surface area contributed by atoms with Gasteiger partial charge < -0.3 is 4.74 Å². The minimum Gasteiger partial charge on any atom is -0.383 e. The number of fused-ring (bicyclic) bond motifs is 1. The lowest BCUT2D eigenvalue weighted by Crippen LogP contribution is -2.20. The highest BCUT2D eigenvalue weighted by Crippen LogP contribution is 2.36. The Bertz CT molecular complexity index is 742. The second-order valence-corrected chi connectivity index (χ2v) is 7.50. The van der Waals surface area contributed by atoms with Crippen LogP contribution < -0.4 is 5.14 Å². The summed E-state index contributed by atoms with van der Waals surface area (Å²) in [5.41, 5.74) is 1.33. The second-order valence-electron chi connectivity index (χ2n) is 4.91. The fourth-order valence-electron chi connectivity index (χ4n) is 2.50. The molecule has 2 aromatic rings. The Labute approximate surface area is 126 Å². The van der Waals surface area contributed by atoms with E-state index in [4.69, 9.17) is 9.88 Å². The topological polar surface area (TPSA) is 100 Å². The van der Waals surface area contributed by atoms with E-state index in [1.54, 1.807) is 18.4 Å². The summed E-state index contributed by atoms with van der Waals surface area (Å²) in [7, 11) is -2.35. The minimum atomic E-state index is -3.91. The van der Waals surface area contributed by atoms with E-state index in [0.29, 0.717) is 19.0 Å². The Morgan fingerprint density at radius 2 is 2.24 bits per heavy atom. The highest BCUT2D eigenvalue weighted by Gasteiger charge is 2.24. The first-order valence-electron chi connectivity index (χ1n) is 6.57. The van der Waals surface area contributed by atoms with Gasteiger partial charge in [0.15, 0.2) is 5.82 Å². The van der Waals surface area contributed by atoms with Crippen LogP contribution in [-0.2, 0) is 34.1 Å². The first-order chi connectivity index (χ1) is 10.0. The number of primary sulfonamides is 1. The van der Waals surface area contributed by atoms with Crippen LogP contribution in [0.3, 0.4) is 0 Å². The largest absolute Gasteiger partial charge is 0.383 e. The van der Waals surface area contributed by atoms with Crippen molar-refractivity contribution in [2.75, 3.05) is 13.7 Å². The van der Waals surface area contributed by atoms with Crippen molar-refractivity contribution >= 4 is 21.4 Å². The lowest BCUT2D eigenvalue weighted by Gasteiger charge is -2.07. The molecule has 9 heteroatoms. The zero-order chi connectivity index (χ0) is 15.0. The first-order valence-corrected chi connectivity index (χ1v) is 8.94. The standard InChI is InChI=1S/C12H16N4O3S2/c1-19-6-5-16-11(14-15-12(16)21(13,17)18)10-7-8-3-2-4-9(8)20-10/h7H,2-6H2,1H3,(H2,13,17,18). The van der Waals surface area contributed by atoms with Crippen molar-refractivity contribution in [2.24, 2.45) is 5.14 Å². The third kappa shape index (κ3) is 2.73. The number of ether oxygens (including phenoxy) is 1. The van der Waals surface area contributed by atoms with Gasteiger partial charge in [0, 0.05) is 12.0 Å². The van der Waals surface area contributed by atoms with Gasteiger partial charge in [-0.05, 0) is 30.9 Å². The van der Waals surface area contributed by atoms with Gasteiger partial charge in [-0.15, -0.1) is 21.5 Å². The average molecular weight is 328 g/mol. The summed E-state index contributed by atoms with van der Waals surface area (Å²) in [6.07, 6.45) is 3.33. The molecular formula is C12H16N4O3S2. The number of thiophene rings is 1. The van der Waals surface area contributed by atoms with Crippen LogP contribution in [-0.4, -0.2) is 36.9 Å². The SMILES string of the molecule is COCCn1c(-c2cc3c(s2)CCC3)nnc1S(N)(=O)=O. The third-order valence-corrected chi connectivity index (χ3v) is 5.50. The van der Waals surface area contributed by atoms with E-state index in [0.717, 1.165) is 17.7 Å². The summed E-state index contributed by atoms with van der Waals surface area (Å²) in [6, 6.07) is 2.08. The van der Waals surface area contributed by atoms with Crippen LogP contribution in [0.5, 0.6) is 0 Å². The Balaban J connectivity index is 2.06. The van der Waals surface area contributed by atoms with Crippen LogP contribution in [0.1, 0.15) is 16.9 Å². The summed E-state index contributed by atoms with van der Waals surface area (Å²) in [6.45, 7) is 0.700. The number of rotatable bonds is 5. The van der Waals surface area contributed by atoms with Crippen LogP contribution in [0.15, 0.2) is 11.2 Å². The Morgan fingerprint density at radius 3 is 2.90 bits per heavy atom. The summed E-state index contributed by atoms with van der Waals surface area (Å²) in [5.74, 6) is 0.537. The first kappa shape index (κ1) is 14.6. The molecular weight excluding hydrogens is 312 g/mol. The molecule has 2 heterocycles. The molecule has 0 amide bonds. The molecule has 2 N–H and O–H groups in total. The zero-order valence-corrected chi connectivity index (χ0v) is 13.2. The molecule has 0 atom stereocenters. The summed E-state index contributed by atoms with van der Waals surface area (Å²) in [5, 5.41) is 12.8. The maximum absolute atomic E-state index is 11.6. The number of aromatic nitrogens is 3. The number of methoxy groups -OCH3 is 1. The van der Waals surface area contributed by atoms with Gasteiger partial charge in [-0.3, -0.25) is 4.57 Å². The molecule has 2 aromatic heterocycles. The van der Waals surface area contributed by atoms with E-state index in [2.05, 4.69) is 16.3 Å². The molecule has 0 saturated heterocycles. The van der Waals surface area contributed by atoms with Crippen molar-refractivity contribution in [3.05, 3.63) is 16.5 Å². The predicted octanol–water partition coefficient (Wildman–Crippen LogP) is 0.789. The van der Waals surface area contributed by atoms with E-state index >= 15 is 0 Å². The Morgan fingerprint density at radius 1 is 1.43 bits per heavy atom. The lowest BCUT2D eigenvalue weighted by atomic mass is 10.2. The molecule has 7 nitrogen and oxygen atoms in total. The van der Waals surface area contributed by atoms with Gasteiger partial charge in [0.05, 0.1) is 18.0 Å². The molecule has 21 heavy (non-hydrogen) atoms. The minimum absolute atomic E-state index is 0.219. The Kier molecular flexibility index (Phi) is 3.82. The highest BCUT2D eigenvalue weighted by atomic mass is 32.2. The summed E-state index contributed by atoms with van der Waals surface area (Å²) < 4.78 is 29.8. The maximum atomic E-state index is 11.6. The normalized spacial score (nSPS) is 14.6. The third-order valence-electron chi connectivity index (χ3n) is 3.46. The molecule has 1 aliphatic carbocycles. The molecule has 3 rings (SSSR count). The quantitative estimate of drug-likeness (QED) is 0.874. The molecule has 0 unspecified atom stereocenters. The fourth-order valence-corrected chi connectivity index (χ4v) is 4.39. The van der Waals surface area contributed by atoms with Gasteiger partial charge in [0.2, 0.25) is 0 Å². The number of hydrogen-bond donors (Lipinski definition) is 1. The number of nitrogens with two attached hydrogens (primary N) is 1. The number of hydrogen-bond acceptors (Lipinski definition) is 6. The number of aryl methyl sites for hydroxylation is 2. The average Bonchev–Trinajstić information content (AvgIpc) is 3.07. The smallest absolute Gasteiger partial charge is 0.273 e. The van der Waals surface area contributed by atoms with Gasteiger partial charge in [0.1, 0.15) is 0 Å². The maximum Gasteiger partial charge on any atom is 0.273 e. The van der Waals surface area contributed by atoms with E-state index in [9.17, 15) is 8.42 Å². The second kappa shape index (κ2) is 5.48. The molecule has 0 bridgehead atoms. The summed E-state index contributed by atoms with van der Waals surface area (Å²) >= 11 is 1.65. The van der Waals surface area contributed by atoms with Gasteiger partial charge in [0.25, 0.3) is 15.2 Å². The van der Waals surface area contributed by atoms with Gasteiger partial charge in [-0.2, -0.15) is 0 Å². The molecule has 1 aliphatic rings. The van der Waals surface area contributed by atoms with Crippen molar-refractivity contribution in [3.8, 4) is 10.7 Å². The monoisotopic (exact) mass is 328 g/mol. The van der Waals surface area contributed by atoms with Crippen molar-refractivity contribution < 1.29 is 13.2 Å². The van der Waals surface area contributed by atoms with Crippen molar-refractivity contribution in [3.63, 3.8) is 0 Å². The van der Waals surface area contributed by atoms with Crippen LogP contribution in [0, 0.1) is 0 Å². The van der Waals surface area contributed by atoms with Crippen LogP contribution in [0.2, 0.25) is 0 Å². The molecule has 0 aliphatic heterocycles. The van der Waals surface area contributed by atoms with Crippen molar-refractivity contribution in [2.45, 2.75) is 31.0 Å². The molecule has 114 valence electrons. The Hall–Kier alpha value is -1.29. The highest BCUT2D eigenvalue weighted by molar-refractivity contribution is 7.89. The van der Waals surface area contributed by atoms with Crippen LogP contribution >= 0.6 is 11.3 Å². The molecule has 0 aromatic carbocycles. The molecule has 0 saturated carbocycles. The predicted molar refractivity (Wildman–Crippen MR) is 78.6 cm³/mol. The van der Waals surface area contributed by atoms with Crippen molar-refractivity contribution in [1.82, 2.24) is 14.8 Å². The number of nitrogens with zero attached hydrogens (tertiary/aromatic N) is 3. The van der Waals surface area contributed by atoms with Crippen LogP contribution in [0.25, 0.3) is 10.7 Å². The zero-order valence-electron chi connectivity index (χ0n) is 11.6. The van der Waals surface area contributed by atoms with Crippen LogP contribution in [0.4, 0.5) is 0 Å². The number of sulfonamides is 1. The van der Waals surface area contributed by atoms with Gasteiger partial charge in [-0.25, -0.2) is 13.6 Å². The van der Waals surface area contributed by atoms with Gasteiger partial charge in [-0.1, -0.05) is 0 Å². The fraction of sp³-hybridized carbons (Fsp3) is 0.500. The van der Waals surface area contributed by atoms with E-state index in [1.807, 2.05) is 0 Å². The molecule has 0 fully saturated rings. The summed E-state index contributed by atoms with van der Waals surface area (Å²) in [4.78, 5) is 2.28. The molecule has 0 radical (unpaired) electrons. The van der Waals surface area contributed by atoms with Gasteiger partial charge >= 0.3 is 0 Å². The van der Waals surface area contributed by atoms with E-state index in [1.165, 1.54) is 21.4 Å².